The molecule has 0 aliphatic heterocycles. The lowest BCUT2D eigenvalue weighted by atomic mass is 10.0. The van der Waals surface area contributed by atoms with Gasteiger partial charge in [-0.2, -0.15) is 0 Å². The van der Waals surface area contributed by atoms with Crippen LogP contribution in [0.4, 0.5) is 0 Å². The van der Waals surface area contributed by atoms with Crippen LogP contribution in [0.1, 0.15) is 38.8 Å². The molecule has 0 aliphatic rings. The third kappa shape index (κ3) is 5.31. The third-order valence-corrected chi connectivity index (χ3v) is 4.05. The van der Waals surface area contributed by atoms with E-state index in [9.17, 15) is 0 Å². The van der Waals surface area contributed by atoms with Gasteiger partial charge in [0.15, 0.2) is 0 Å². The van der Waals surface area contributed by atoms with E-state index in [1.807, 2.05) is 18.2 Å². The SMILES string of the molecule is CCC(NCCN(C)C(C)C)c1ccc(Cl)cc1Cl. The molecule has 1 rings (SSSR count). The van der Waals surface area contributed by atoms with E-state index in [2.05, 4.69) is 38.0 Å². The first-order valence-electron chi connectivity index (χ1n) is 6.84. The molecule has 0 bridgehead atoms. The summed E-state index contributed by atoms with van der Waals surface area (Å²) in [7, 11) is 2.14. The summed E-state index contributed by atoms with van der Waals surface area (Å²) in [4.78, 5) is 2.32. The topological polar surface area (TPSA) is 15.3 Å². The van der Waals surface area contributed by atoms with Gasteiger partial charge in [-0.25, -0.2) is 0 Å². The van der Waals surface area contributed by atoms with Crippen molar-refractivity contribution in [2.24, 2.45) is 0 Å². The van der Waals surface area contributed by atoms with Crippen LogP contribution in [0, 0.1) is 0 Å². The van der Waals surface area contributed by atoms with E-state index < -0.39 is 0 Å². The molecule has 0 aromatic heterocycles. The Morgan fingerprint density at radius 2 is 1.95 bits per heavy atom. The Hall–Kier alpha value is -0.280. The Morgan fingerprint density at radius 3 is 2.47 bits per heavy atom. The molecule has 0 aliphatic carbocycles. The number of rotatable bonds is 7. The first-order valence-corrected chi connectivity index (χ1v) is 7.59. The van der Waals surface area contributed by atoms with Crippen LogP contribution < -0.4 is 5.32 Å². The minimum atomic E-state index is 0.283. The number of nitrogens with zero attached hydrogens (tertiary/aromatic N) is 1. The molecular weight excluding hydrogens is 279 g/mol. The van der Waals surface area contributed by atoms with E-state index in [1.165, 1.54) is 0 Å². The van der Waals surface area contributed by atoms with Crippen LogP contribution >= 0.6 is 23.2 Å². The molecule has 0 amide bonds. The van der Waals surface area contributed by atoms with Gasteiger partial charge in [0.25, 0.3) is 0 Å². The number of likely N-dealkylation sites (N-methyl/N-ethyl adjacent to an activating group) is 1. The number of hydrogen-bond acceptors (Lipinski definition) is 2. The fraction of sp³-hybridized carbons (Fsp3) is 0.600. The van der Waals surface area contributed by atoms with Crippen LogP contribution in [0.3, 0.4) is 0 Å². The smallest absolute Gasteiger partial charge is 0.0468 e. The molecule has 1 aromatic rings. The maximum absolute atomic E-state index is 6.26. The van der Waals surface area contributed by atoms with Gasteiger partial charge in [0.2, 0.25) is 0 Å². The van der Waals surface area contributed by atoms with Crippen LogP contribution in [0.5, 0.6) is 0 Å². The van der Waals surface area contributed by atoms with Crippen LogP contribution in [0.2, 0.25) is 10.0 Å². The molecule has 0 heterocycles. The van der Waals surface area contributed by atoms with Crippen molar-refractivity contribution >= 4 is 23.2 Å². The number of halogens is 2. The van der Waals surface area contributed by atoms with Crippen molar-refractivity contribution in [3.8, 4) is 0 Å². The second kappa shape index (κ2) is 8.11. The standard InChI is InChI=1S/C15H24Cl2N2/c1-5-15(18-8-9-19(4)11(2)3)13-7-6-12(16)10-14(13)17/h6-7,10-11,15,18H,5,8-9H2,1-4H3. The summed E-state index contributed by atoms with van der Waals surface area (Å²) >= 11 is 12.2. The minimum absolute atomic E-state index is 0.283. The average Bonchev–Trinajstić information content (AvgIpc) is 2.35. The third-order valence-electron chi connectivity index (χ3n) is 3.48. The fourth-order valence-electron chi connectivity index (χ4n) is 1.93. The van der Waals surface area contributed by atoms with Gasteiger partial charge in [-0.05, 0) is 45.0 Å². The maximum Gasteiger partial charge on any atom is 0.0468 e. The molecule has 19 heavy (non-hydrogen) atoms. The maximum atomic E-state index is 6.26. The molecule has 1 N–H and O–H groups in total. The van der Waals surface area contributed by atoms with Crippen LogP contribution in [-0.2, 0) is 0 Å². The molecular formula is C15H24Cl2N2. The van der Waals surface area contributed by atoms with Crippen molar-refractivity contribution in [3.63, 3.8) is 0 Å². The first kappa shape index (κ1) is 16.8. The summed E-state index contributed by atoms with van der Waals surface area (Å²) in [5.41, 5.74) is 1.13. The van der Waals surface area contributed by atoms with Crippen molar-refractivity contribution in [1.29, 1.82) is 0 Å². The van der Waals surface area contributed by atoms with E-state index >= 15 is 0 Å². The summed E-state index contributed by atoms with van der Waals surface area (Å²) in [6, 6.07) is 6.57. The number of nitrogens with one attached hydrogen (secondary N) is 1. The molecule has 0 saturated carbocycles. The van der Waals surface area contributed by atoms with Gasteiger partial charge in [-0.1, -0.05) is 36.2 Å². The lowest BCUT2D eigenvalue weighted by molar-refractivity contribution is 0.268. The van der Waals surface area contributed by atoms with Gasteiger partial charge < -0.3 is 10.2 Å². The quantitative estimate of drug-likeness (QED) is 0.804. The summed E-state index contributed by atoms with van der Waals surface area (Å²) in [6.45, 7) is 8.54. The van der Waals surface area contributed by atoms with Crippen molar-refractivity contribution in [3.05, 3.63) is 33.8 Å². The Labute approximate surface area is 127 Å². The Balaban J connectivity index is 2.58. The highest BCUT2D eigenvalue weighted by atomic mass is 35.5. The molecule has 0 saturated heterocycles. The molecule has 0 spiro atoms. The molecule has 1 atom stereocenters. The summed E-state index contributed by atoms with van der Waals surface area (Å²) < 4.78 is 0. The highest BCUT2D eigenvalue weighted by Crippen LogP contribution is 2.27. The van der Waals surface area contributed by atoms with Gasteiger partial charge in [0, 0.05) is 35.2 Å². The molecule has 1 aromatic carbocycles. The minimum Gasteiger partial charge on any atom is -0.309 e. The Bertz CT molecular complexity index is 394. The highest BCUT2D eigenvalue weighted by molar-refractivity contribution is 6.35. The number of hydrogen-bond donors (Lipinski definition) is 1. The second-order valence-electron chi connectivity index (χ2n) is 5.16. The predicted molar refractivity (Wildman–Crippen MR) is 85.3 cm³/mol. The molecule has 1 unspecified atom stereocenters. The van der Waals surface area contributed by atoms with Gasteiger partial charge in [-0.3, -0.25) is 0 Å². The monoisotopic (exact) mass is 302 g/mol. The lowest BCUT2D eigenvalue weighted by Crippen LogP contribution is -2.35. The van der Waals surface area contributed by atoms with E-state index in [0.29, 0.717) is 11.1 Å². The van der Waals surface area contributed by atoms with Crippen LogP contribution in [-0.4, -0.2) is 31.1 Å². The summed E-state index contributed by atoms with van der Waals surface area (Å²) in [6.07, 6.45) is 1.01. The molecule has 0 fully saturated rings. The molecule has 4 heteroatoms. The normalized spacial score (nSPS) is 13.3. The van der Waals surface area contributed by atoms with Crippen LogP contribution in [0.25, 0.3) is 0 Å². The van der Waals surface area contributed by atoms with Crippen molar-refractivity contribution in [1.82, 2.24) is 10.2 Å². The van der Waals surface area contributed by atoms with E-state index in [0.717, 1.165) is 30.1 Å². The molecule has 0 radical (unpaired) electrons. The van der Waals surface area contributed by atoms with E-state index in [-0.39, 0.29) is 6.04 Å². The van der Waals surface area contributed by atoms with Gasteiger partial charge >= 0.3 is 0 Å². The fourth-order valence-corrected chi connectivity index (χ4v) is 2.47. The Morgan fingerprint density at radius 1 is 1.26 bits per heavy atom. The van der Waals surface area contributed by atoms with E-state index in [1.54, 1.807) is 0 Å². The van der Waals surface area contributed by atoms with Gasteiger partial charge in [0.1, 0.15) is 0 Å². The van der Waals surface area contributed by atoms with Gasteiger partial charge in [0.05, 0.1) is 0 Å². The predicted octanol–water partition coefficient (Wildman–Crippen LogP) is 4.37. The number of benzene rings is 1. The highest BCUT2D eigenvalue weighted by Gasteiger charge is 2.13. The first-order chi connectivity index (χ1) is 8.95. The summed E-state index contributed by atoms with van der Waals surface area (Å²) in [5.74, 6) is 0. The molecule has 108 valence electrons. The zero-order chi connectivity index (χ0) is 14.4. The average molecular weight is 303 g/mol. The van der Waals surface area contributed by atoms with Crippen molar-refractivity contribution in [2.45, 2.75) is 39.3 Å². The van der Waals surface area contributed by atoms with E-state index in [4.69, 9.17) is 23.2 Å². The van der Waals surface area contributed by atoms with Crippen molar-refractivity contribution < 1.29 is 0 Å². The molecule has 2 nitrogen and oxygen atoms in total. The van der Waals surface area contributed by atoms with Gasteiger partial charge in [-0.15, -0.1) is 0 Å². The zero-order valence-corrected chi connectivity index (χ0v) is 13.7. The largest absolute Gasteiger partial charge is 0.309 e. The van der Waals surface area contributed by atoms with Crippen molar-refractivity contribution in [2.75, 3.05) is 20.1 Å². The zero-order valence-electron chi connectivity index (χ0n) is 12.2. The second-order valence-corrected chi connectivity index (χ2v) is 6.00. The lowest BCUT2D eigenvalue weighted by Gasteiger charge is -2.24. The summed E-state index contributed by atoms with van der Waals surface area (Å²) in [5, 5.41) is 4.99. The Kier molecular flexibility index (Phi) is 7.16. The van der Waals surface area contributed by atoms with Crippen LogP contribution in [0.15, 0.2) is 18.2 Å².